The van der Waals surface area contributed by atoms with E-state index in [2.05, 4.69) is 17.2 Å². The van der Waals surface area contributed by atoms with Crippen LogP contribution in [0.4, 0.5) is 9.59 Å². The van der Waals surface area contributed by atoms with Gasteiger partial charge >= 0.3 is 18.0 Å². The van der Waals surface area contributed by atoms with Crippen LogP contribution in [0.15, 0.2) is 60.9 Å². The molecule has 0 fully saturated rings. The Bertz CT molecular complexity index is 1070. The number of carbonyl (C=O) groups excluding carboxylic acids is 2. The van der Waals surface area contributed by atoms with Crippen LogP contribution in [0.3, 0.4) is 0 Å². The van der Waals surface area contributed by atoms with Crippen LogP contribution in [0.2, 0.25) is 0 Å². The molecule has 0 atom stereocenters. The van der Waals surface area contributed by atoms with Crippen LogP contribution in [0.25, 0.3) is 0 Å². The van der Waals surface area contributed by atoms with Crippen LogP contribution in [-0.2, 0) is 13.1 Å². The normalized spacial score (nSPS) is 10.1. The van der Waals surface area contributed by atoms with Crippen LogP contribution in [0.1, 0.15) is 21.5 Å². The summed E-state index contributed by atoms with van der Waals surface area (Å²) in [6.07, 6.45) is 0. The molecule has 2 aromatic carbocycles. The molecule has 8 N–H and O–H groups in total. The second kappa shape index (κ2) is 12.5. The molecule has 0 aliphatic heterocycles. The summed E-state index contributed by atoms with van der Waals surface area (Å²) in [7, 11) is 1.54. The Labute approximate surface area is 202 Å². The molecule has 186 valence electrons. The van der Waals surface area contributed by atoms with Crippen molar-refractivity contribution in [2.45, 2.75) is 13.1 Å². The summed E-state index contributed by atoms with van der Waals surface area (Å²) in [6.45, 7) is 4.40. The van der Waals surface area contributed by atoms with E-state index in [1.807, 2.05) is 0 Å². The molecule has 2 rings (SSSR count). The van der Waals surface area contributed by atoms with Gasteiger partial charge in [0.1, 0.15) is 11.6 Å². The lowest BCUT2D eigenvalue weighted by Gasteiger charge is -2.30. The third-order valence-corrected chi connectivity index (χ3v) is 4.86. The maximum absolute atomic E-state index is 13.4. The average Bonchev–Trinajstić information content (AvgIpc) is 2.83. The number of amides is 4. The van der Waals surface area contributed by atoms with Gasteiger partial charge in [0.05, 0.1) is 25.8 Å². The zero-order valence-corrected chi connectivity index (χ0v) is 19.3. The van der Waals surface area contributed by atoms with Gasteiger partial charge in [0, 0.05) is 13.1 Å². The number of methoxy groups -OCH3 is 1. The van der Waals surface area contributed by atoms with Gasteiger partial charge in [-0.1, -0.05) is 30.8 Å². The van der Waals surface area contributed by atoms with Crippen molar-refractivity contribution in [3.63, 3.8) is 0 Å². The molecule has 0 heterocycles. The first-order valence-corrected chi connectivity index (χ1v) is 10.5. The van der Waals surface area contributed by atoms with Gasteiger partial charge in [0.25, 0.3) is 0 Å². The number of carboxylic acids is 1. The van der Waals surface area contributed by atoms with E-state index in [-0.39, 0.29) is 37.0 Å². The summed E-state index contributed by atoms with van der Waals surface area (Å²) in [6, 6.07) is 11.0. The highest BCUT2D eigenvalue weighted by Crippen LogP contribution is 2.17. The van der Waals surface area contributed by atoms with Gasteiger partial charge in [0.2, 0.25) is 0 Å². The van der Waals surface area contributed by atoms with E-state index in [1.54, 1.807) is 31.4 Å². The molecule has 4 amide bonds. The SMILES string of the molecule is C=C(NCCNC(=N)N)N(Cc1ccc(OC)cc1)C(=O)N(Cc1ccc(C(=O)O)cc1)C(N)=O. The van der Waals surface area contributed by atoms with Crippen LogP contribution in [0, 0.1) is 5.41 Å². The average molecular weight is 484 g/mol. The van der Waals surface area contributed by atoms with E-state index in [9.17, 15) is 14.4 Å². The molecule has 0 saturated carbocycles. The summed E-state index contributed by atoms with van der Waals surface area (Å²) in [5.41, 5.74) is 12.1. The van der Waals surface area contributed by atoms with Crippen molar-refractivity contribution in [1.29, 1.82) is 5.41 Å². The molecule has 0 saturated heterocycles. The van der Waals surface area contributed by atoms with Gasteiger partial charge < -0.3 is 31.9 Å². The number of nitrogens with zero attached hydrogens (tertiary/aromatic N) is 2. The van der Waals surface area contributed by atoms with E-state index >= 15 is 0 Å². The molecule has 0 aliphatic carbocycles. The number of urea groups is 2. The Morgan fingerprint density at radius 2 is 1.46 bits per heavy atom. The van der Waals surface area contributed by atoms with Gasteiger partial charge in [-0.2, -0.15) is 0 Å². The minimum Gasteiger partial charge on any atom is -0.497 e. The van der Waals surface area contributed by atoms with E-state index in [0.29, 0.717) is 17.9 Å². The number of primary amides is 1. The van der Waals surface area contributed by atoms with Crippen LogP contribution in [0.5, 0.6) is 5.75 Å². The Balaban J connectivity index is 2.25. The predicted molar refractivity (Wildman–Crippen MR) is 130 cm³/mol. The van der Waals surface area contributed by atoms with Crippen molar-refractivity contribution >= 4 is 24.0 Å². The van der Waals surface area contributed by atoms with Crippen molar-refractivity contribution in [3.8, 4) is 5.75 Å². The standard InChI is InChI=1S/C23H29N7O5/c1-15(27-11-12-28-21(24)25)29(13-17-5-9-19(35-2)10-6-17)23(34)30(22(26)33)14-16-3-7-18(8-4-16)20(31)32/h3-10,27H,1,11-14H2,2H3,(H2,26,33)(H,31,32)(H4,24,25,28). The molecule has 35 heavy (non-hydrogen) atoms. The van der Waals surface area contributed by atoms with Crippen LogP contribution in [-0.4, -0.2) is 59.1 Å². The summed E-state index contributed by atoms with van der Waals surface area (Å²) in [4.78, 5) is 38.8. The van der Waals surface area contributed by atoms with E-state index in [1.165, 1.54) is 29.2 Å². The van der Waals surface area contributed by atoms with Gasteiger partial charge in [0.15, 0.2) is 5.96 Å². The maximum Gasteiger partial charge on any atom is 0.335 e. The molecule has 0 unspecified atom stereocenters. The summed E-state index contributed by atoms with van der Waals surface area (Å²) in [5.74, 6) is -0.449. The molecule has 0 radical (unpaired) electrons. The first kappa shape index (κ1) is 26.5. The van der Waals surface area contributed by atoms with E-state index in [0.717, 1.165) is 10.5 Å². The molecule has 0 aromatic heterocycles. The van der Waals surface area contributed by atoms with Crippen LogP contribution >= 0.6 is 0 Å². The Morgan fingerprint density at radius 1 is 0.943 bits per heavy atom. The van der Waals surface area contributed by atoms with E-state index in [4.69, 9.17) is 26.7 Å². The summed E-state index contributed by atoms with van der Waals surface area (Å²) < 4.78 is 5.16. The fourth-order valence-electron chi connectivity index (χ4n) is 3.01. The monoisotopic (exact) mass is 483 g/mol. The van der Waals surface area contributed by atoms with Crippen molar-refractivity contribution in [2.24, 2.45) is 11.5 Å². The molecule has 12 nitrogen and oxygen atoms in total. The first-order valence-electron chi connectivity index (χ1n) is 10.5. The first-order chi connectivity index (χ1) is 16.6. The third kappa shape index (κ3) is 7.96. The van der Waals surface area contributed by atoms with Crippen molar-refractivity contribution in [1.82, 2.24) is 20.4 Å². The van der Waals surface area contributed by atoms with Gasteiger partial charge in [-0.3, -0.25) is 10.3 Å². The lowest BCUT2D eigenvalue weighted by atomic mass is 10.1. The number of hydrogen-bond acceptors (Lipinski definition) is 6. The number of benzene rings is 2. The Hall–Kier alpha value is -4.74. The highest BCUT2D eigenvalue weighted by molar-refractivity contribution is 5.93. The zero-order chi connectivity index (χ0) is 26.0. The third-order valence-electron chi connectivity index (χ3n) is 4.86. The minimum atomic E-state index is -1.09. The van der Waals surface area contributed by atoms with Gasteiger partial charge in [-0.05, 0) is 35.4 Å². The number of hydrogen-bond donors (Lipinski definition) is 6. The number of ether oxygens (including phenoxy) is 1. The number of nitrogens with two attached hydrogens (primary N) is 2. The second-order valence-corrected chi connectivity index (χ2v) is 7.36. The number of carbonyl (C=O) groups is 3. The lowest BCUT2D eigenvalue weighted by Crippen LogP contribution is -2.49. The second-order valence-electron chi connectivity index (χ2n) is 7.36. The van der Waals surface area contributed by atoms with Crippen molar-refractivity contribution in [2.75, 3.05) is 20.2 Å². The molecule has 2 aromatic rings. The molecular weight excluding hydrogens is 454 g/mol. The summed E-state index contributed by atoms with van der Waals surface area (Å²) in [5, 5.41) is 21.9. The fraction of sp³-hybridized carbons (Fsp3) is 0.217. The van der Waals surface area contributed by atoms with Crippen LogP contribution < -0.4 is 26.8 Å². The number of aromatic carboxylic acids is 1. The fourth-order valence-corrected chi connectivity index (χ4v) is 3.01. The lowest BCUT2D eigenvalue weighted by molar-refractivity contribution is 0.0696. The highest BCUT2D eigenvalue weighted by atomic mass is 16.5. The number of guanidine groups is 1. The summed E-state index contributed by atoms with van der Waals surface area (Å²) >= 11 is 0. The number of nitrogens with one attached hydrogen (secondary N) is 3. The van der Waals surface area contributed by atoms with E-state index < -0.39 is 18.0 Å². The number of imide groups is 1. The van der Waals surface area contributed by atoms with Gasteiger partial charge in [-0.25, -0.2) is 19.3 Å². The maximum atomic E-state index is 13.4. The van der Waals surface area contributed by atoms with Crippen molar-refractivity contribution in [3.05, 3.63) is 77.6 Å². The highest BCUT2D eigenvalue weighted by Gasteiger charge is 2.27. The quantitative estimate of drug-likeness (QED) is 0.157. The molecule has 0 spiro atoms. The molecule has 0 bridgehead atoms. The Morgan fingerprint density at radius 3 is 1.94 bits per heavy atom. The van der Waals surface area contributed by atoms with Crippen molar-refractivity contribution < 1.29 is 24.2 Å². The number of rotatable bonds is 11. The Kier molecular flexibility index (Phi) is 9.46. The largest absolute Gasteiger partial charge is 0.497 e. The molecule has 0 aliphatic rings. The smallest absolute Gasteiger partial charge is 0.335 e. The predicted octanol–water partition coefficient (Wildman–Crippen LogP) is 1.44. The van der Waals surface area contributed by atoms with Gasteiger partial charge in [-0.15, -0.1) is 0 Å². The zero-order valence-electron chi connectivity index (χ0n) is 19.3. The number of carboxylic acid groups (broad SMARTS) is 1. The topological polar surface area (TPSA) is 187 Å². The minimum absolute atomic E-state index is 0.0660. The molecule has 12 heteroatoms. The molecular formula is C23H29N7O5.